The summed E-state index contributed by atoms with van der Waals surface area (Å²) in [6.07, 6.45) is 1.94. The van der Waals surface area contributed by atoms with Gasteiger partial charge in [-0.05, 0) is 12.0 Å². The maximum absolute atomic E-state index is 11.9. The number of carbonyl (C=O) groups is 1. The van der Waals surface area contributed by atoms with Crippen LogP contribution >= 0.6 is 0 Å². The lowest BCUT2D eigenvalue weighted by Gasteiger charge is -2.15. The highest BCUT2D eigenvalue weighted by Gasteiger charge is 2.20. The summed E-state index contributed by atoms with van der Waals surface area (Å²) in [5, 5.41) is 0. The second-order valence-electron chi connectivity index (χ2n) is 3.98. The van der Waals surface area contributed by atoms with E-state index in [1.807, 2.05) is 37.3 Å². The molecule has 0 fully saturated rings. The Labute approximate surface area is 91.5 Å². The minimum atomic E-state index is -0.465. The number of ketones is 1. The third kappa shape index (κ3) is 3.17. The number of Topliss-reactive ketones (excluding diaryl/α,β-unsaturated/α-hetero) is 1. The van der Waals surface area contributed by atoms with Gasteiger partial charge < -0.3 is 5.73 Å². The van der Waals surface area contributed by atoms with Gasteiger partial charge in [0.05, 0.1) is 6.04 Å². The third-order valence-electron chi connectivity index (χ3n) is 2.67. The van der Waals surface area contributed by atoms with Crippen molar-refractivity contribution in [3.8, 4) is 0 Å². The summed E-state index contributed by atoms with van der Waals surface area (Å²) in [5.74, 6) is 0.202. The van der Waals surface area contributed by atoms with Crippen molar-refractivity contribution in [2.45, 2.75) is 32.7 Å². The standard InChI is InChI=1S/C13H19NO/c1-3-7-10(2)13(15)12(14)11-8-5-4-6-9-11/h4-6,8-10,12H,3,7,14H2,1-2H3. The van der Waals surface area contributed by atoms with Crippen LogP contribution in [0, 0.1) is 5.92 Å². The molecule has 0 heterocycles. The molecule has 0 spiro atoms. The SMILES string of the molecule is CCCC(C)C(=O)C(N)c1ccccc1. The van der Waals surface area contributed by atoms with Crippen LogP contribution in [0.25, 0.3) is 0 Å². The van der Waals surface area contributed by atoms with E-state index in [0.29, 0.717) is 0 Å². The Morgan fingerprint density at radius 3 is 2.47 bits per heavy atom. The van der Waals surface area contributed by atoms with Gasteiger partial charge in [0, 0.05) is 5.92 Å². The van der Waals surface area contributed by atoms with Crippen LogP contribution in [0.2, 0.25) is 0 Å². The number of hydrogen-bond donors (Lipinski definition) is 1. The van der Waals surface area contributed by atoms with Crippen molar-refractivity contribution < 1.29 is 4.79 Å². The summed E-state index contributed by atoms with van der Waals surface area (Å²) in [6.45, 7) is 4.03. The summed E-state index contributed by atoms with van der Waals surface area (Å²) in [6, 6.07) is 9.09. The first kappa shape index (κ1) is 11.9. The molecule has 0 bridgehead atoms. The summed E-state index contributed by atoms with van der Waals surface area (Å²) in [5.41, 5.74) is 6.83. The van der Waals surface area contributed by atoms with E-state index in [1.165, 1.54) is 0 Å². The fourth-order valence-electron chi connectivity index (χ4n) is 1.71. The Hall–Kier alpha value is -1.15. The molecule has 1 aromatic carbocycles. The maximum atomic E-state index is 11.9. The first-order chi connectivity index (χ1) is 7.16. The van der Waals surface area contributed by atoms with E-state index in [4.69, 9.17) is 5.73 Å². The predicted molar refractivity (Wildman–Crippen MR) is 62.4 cm³/mol. The van der Waals surface area contributed by atoms with Crippen molar-refractivity contribution in [2.75, 3.05) is 0 Å². The van der Waals surface area contributed by atoms with E-state index in [-0.39, 0.29) is 11.7 Å². The minimum absolute atomic E-state index is 0.0604. The van der Waals surface area contributed by atoms with Gasteiger partial charge >= 0.3 is 0 Å². The van der Waals surface area contributed by atoms with E-state index in [0.717, 1.165) is 18.4 Å². The van der Waals surface area contributed by atoms with Crippen LogP contribution in [0.3, 0.4) is 0 Å². The molecule has 82 valence electrons. The molecule has 2 nitrogen and oxygen atoms in total. The molecule has 15 heavy (non-hydrogen) atoms. The topological polar surface area (TPSA) is 43.1 Å². The lowest BCUT2D eigenvalue weighted by molar-refractivity contribution is -0.124. The van der Waals surface area contributed by atoms with Gasteiger partial charge in [-0.25, -0.2) is 0 Å². The second-order valence-corrected chi connectivity index (χ2v) is 3.98. The minimum Gasteiger partial charge on any atom is -0.318 e. The van der Waals surface area contributed by atoms with Gasteiger partial charge in [-0.15, -0.1) is 0 Å². The quantitative estimate of drug-likeness (QED) is 0.803. The fraction of sp³-hybridized carbons (Fsp3) is 0.462. The molecule has 0 saturated heterocycles. The molecule has 2 unspecified atom stereocenters. The average molecular weight is 205 g/mol. The van der Waals surface area contributed by atoms with Crippen LogP contribution in [0.5, 0.6) is 0 Å². The molecule has 2 atom stereocenters. The number of benzene rings is 1. The van der Waals surface area contributed by atoms with E-state index >= 15 is 0 Å². The number of hydrogen-bond acceptors (Lipinski definition) is 2. The molecule has 0 radical (unpaired) electrons. The fourth-order valence-corrected chi connectivity index (χ4v) is 1.71. The summed E-state index contributed by atoms with van der Waals surface area (Å²) in [7, 11) is 0. The number of rotatable bonds is 5. The molecule has 1 aromatic rings. The molecule has 0 aliphatic carbocycles. The molecular weight excluding hydrogens is 186 g/mol. The molecule has 2 N–H and O–H groups in total. The Morgan fingerprint density at radius 1 is 1.33 bits per heavy atom. The Kier molecular flexibility index (Phi) is 4.50. The van der Waals surface area contributed by atoms with Crippen molar-refractivity contribution in [3.05, 3.63) is 35.9 Å². The van der Waals surface area contributed by atoms with E-state index < -0.39 is 6.04 Å². The number of carbonyl (C=O) groups excluding carboxylic acids is 1. The lowest BCUT2D eigenvalue weighted by Crippen LogP contribution is -2.26. The van der Waals surface area contributed by atoms with Crippen LogP contribution in [-0.4, -0.2) is 5.78 Å². The lowest BCUT2D eigenvalue weighted by atomic mass is 9.92. The molecular formula is C13H19NO. The van der Waals surface area contributed by atoms with Gasteiger partial charge in [-0.2, -0.15) is 0 Å². The Balaban J connectivity index is 2.69. The van der Waals surface area contributed by atoms with Crippen molar-refractivity contribution in [2.24, 2.45) is 11.7 Å². The summed E-state index contributed by atoms with van der Waals surface area (Å²) < 4.78 is 0. The second kappa shape index (κ2) is 5.66. The van der Waals surface area contributed by atoms with Gasteiger partial charge in [-0.3, -0.25) is 4.79 Å². The van der Waals surface area contributed by atoms with E-state index in [9.17, 15) is 4.79 Å². The van der Waals surface area contributed by atoms with E-state index in [2.05, 4.69) is 6.92 Å². The maximum Gasteiger partial charge on any atom is 0.156 e. The summed E-state index contributed by atoms with van der Waals surface area (Å²) >= 11 is 0. The molecule has 0 aliphatic rings. The molecule has 0 saturated carbocycles. The van der Waals surface area contributed by atoms with Crippen LogP contribution in [-0.2, 0) is 4.79 Å². The Morgan fingerprint density at radius 2 is 1.93 bits per heavy atom. The third-order valence-corrected chi connectivity index (χ3v) is 2.67. The van der Waals surface area contributed by atoms with Crippen LogP contribution in [0.15, 0.2) is 30.3 Å². The average Bonchev–Trinajstić information content (AvgIpc) is 2.28. The van der Waals surface area contributed by atoms with Gasteiger partial charge in [0.25, 0.3) is 0 Å². The highest BCUT2D eigenvalue weighted by atomic mass is 16.1. The Bertz CT molecular complexity index is 308. The van der Waals surface area contributed by atoms with Crippen molar-refractivity contribution >= 4 is 5.78 Å². The number of nitrogens with two attached hydrogens (primary N) is 1. The molecule has 0 aromatic heterocycles. The monoisotopic (exact) mass is 205 g/mol. The highest BCUT2D eigenvalue weighted by Crippen LogP contribution is 2.17. The first-order valence-electron chi connectivity index (χ1n) is 5.51. The first-order valence-corrected chi connectivity index (χ1v) is 5.51. The largest absolute Gasteiger partial charge is 0.318 e. The van der Waals surface area contributed by atoms with Gasteiger partial charge in [0.2, 0.25) is 0 Å². The zero-order valence-corrected chi connectivity index (χ0v) is 9.44. The zero-order valence-electron chi connectivity index (χ0n) is 9.44. The predicted octanol–water partition coefficient (Wildman–Crippen LogP) is 2.69. The van der Waals surface area contributed by atoms with Crippen molar-refractivity contribution in [1.29, 1.82) is 0 Å². The van der Waals surface area contributed by atoms with Crippen LogP contribution in [0.4, 0.5) is 0 Å². The van der Waals surface area contributed by atoms with E-state index in [1.54, 1.807) is 0 Å². The van der Waals surface area contributed by atoms with Crippen LogP contribution < -0.4 is 5.73 Å². The van der Waals surface area contributed by atoms with Crippen LogP contribution in [0.1, 0.15) is 38.3 Å². The molecule has 0 aliphatic heterocycles. The van der Waals surface area contributed by atoms with Crippen molar-refractivity contribution in [1.82, 2.24) is 0 Å². The van der Waals surface area contributed by atoms with Gasteiger partial charge in [0.1, 0.15) is 0 Å². The van der Waals surface area contributed by atoms with Gasteiger partial charge in [0.15, 0.2) is 5.78 Å². The smallest absolute Gasteiger partial charge is 0.156 e. The molecule has 0 amide bonds. The van der Waals surface area contributed by atoms with Gasteiger partial charge in [-0.1, -0.05) is 50.6 Å². The highest BCUT2D eigenvalue weighted by molar-refractivity contribution is 5.86. The molecule has 1 rings (SSSR count). The normalized spacial score (nSPS) is 14.6. The van der Waals surface area contributed by atoms with Crippen molar-refractivity contribution in [3.63, 3.8) is 0 Å². The molecule has 2 heteroatoms. The summed E-state index contributed by atoms with van der Waals surface area (Å²) in [4.78, 5) is 11.9. The zero-order chi connectivity index (χ0) is 11.3.